The number of hydrogen-bond acceptors (Lipinski definition) is 3. The number of nitriles is 2. The second-order valence-electron chi connectivity index (χ2n) is 4.57. The molecular weight excluding hydrogens is 274 g/mol. The molecule has 1 N–H and O–H groups in total. The van der Waals surface area contributed by atoms with Crippen LogP contribution in [0.2, 0.25) is 0 Å². The number of carbonyl (C=O) groups is 1. The summed E-state index contributed by atoms with van der Waals surface area (Å²) < 4.78 is 0. The summed E-state index contributed by atoms with van der Waals surface area (Å²) in [5.74, 6) is -0.421. The van der Waals surface area contributed by atoms with E-state index in [9.17, 15) is 4.79 Å². The second kappa shape index (κ2) is 7.42. The molecule has 0 atom stereocenters. The fourth-order valence-electron chi connectivity index (χ4n) is 1.84. The molecule has 2 aromatic rings. The summed E-state index contributed by atoms with van der Waals surface area (Å²) in [6, 6.07) is 20.1. The third-order valence-electron chi connectivity index (χ3n) is 3.01. The van der Waals surface area contributed by atoms with Crippen molar-refractivity contribution >= 4 is 12.0 Å². The smallest absolute Gasteiger partial charge is 0.262 e. The Bertz CT molecular complexity index is 763. The van der Waals surface area contributed by atoms with Crippen molar-refractivity contribution in [2.45, 2.75) is 6.54 Å². The van der Waals surface area contributed by atoms with Gasteiger partial charge in [-0.15, -0.1) is 0 Å². The van der Waals surface area contributed by atoms with Gasteiger partial charge in [-0.3, -0.25) is 4.79 Å². The van der Waals surface area contributed by atoms with Crippen LogP contribution in [0.15, 0.2) is 60.2 Å². The highest BCUT2D eigenvalue weighted by Crippen LogP contribution is 2.09. The van der Waals surface area contributed by atoms with Crippen LogP contribution in [0.4, 0.5) is 0 Å². The Morgan fingerprint density at radius 2 is 1.73 bits per heavy atom. The summed E-state index contributed by atoms with van der Waals surface area (Å²) in [4.78, 5) is 12.0. The van der Waals surface area contributed by atoms with E-state index < -0.39 is 5.91 Å². The lowest BCUT2D eigenvalue weighted by Crippen LogP contribution is -2.23. The predicted octanol–water partition coefficient (Wildman–Crippen LogP) is 2.78. The molecule has 0 heterocycles. The van der Waals surface area contributed by atoms with Crippen molar-refractivity contribution in [1.82, 2.24) is 5.32 Å². The summed E-state index contributed by atoms with van der Waals surface area (Å²) in [7, 11) is 0. The van der Waals surface area contributed by atoms with Crippen molar-refractivity contribution in [3.63, 3.8) is 0 Å². The van der Waals surface area contributed by atoms with E-state index in [1.165, 1.54) is 6.08 Å². The fraction of sp³-hybridized carbons (Fsp3) is 0.0556. The van der Waals surface area contributed by atoms with Gasteiger partial charge in [-0.05, 0) is 29.3 Å². The molecule has 1 amide bonds. The standard InChI is InChI=1S/C18H13N3O/c19-11-15-8-6-14(7-9-15)10-17(12-20)18(22)21-13-16-4-2-1-3-5-16/h1-10H,13H2,(H,21,22). The van der Waals surface area contributed by atoms with E-state index in [0.29, 0.717) is 17.7 Å². The van der Waals surface area contributed by atoms with Gasteiger partial charge in [0, 0.05) is 6.54 Å². The van der Waals surface area contributed by atoms with E-state index in [0.717, 1.165) is 5.56 Å². The molecule has 4 heteroatoms. The zero-order chi connectivity index (χ0) is 15.8. The SMILES string of the molecule is N#CC(=Cc1ccc(C#N)cc1)C(=O)NCc1ccccc1. The molecule has 0 fully saturated rings. The zero-order valence-electron chi connectivity index (χ0n) is 11.8. The van der Waals surface area contributed by atoms with E-state index in [4.69, 9.17) is 10.5 Å². The van der Waals surface area contributed by atoms with E-state index in [2.05, 4.69) is 5.32 Å². The van der Waals surface area contributed by atoms with Crippen molar-refractivity contribution in [3.05, 3.63) is 76.9 Å². The number of hydrogen-bond donors (Lipinski definition) is 1. The van der Waals surface area contributed by atoms with Crippen molar-refractivity contribution in [1.29, 1.82) is 10.5 Å². The minimum Gasteiger partial charge on any atom is -0.347 e. The molecule has 0 aliphatic heterocycles. The molecule has 2 aromatic carbocycles. The molecule has 0 saturated carbocycles. The third-order valence-corrected chi connectivity index (χ3v) is 3.01. The number of nitrogens with zero attached hydrogens (tertiary/aromatic N) is 2. The highest BCUT2D eigenvalue weighted by molar-refractivity contribution is 6.01. The fourth-order valence-corrected chi connectivity index (χ4v) is 1.84. The third kappa shape index (κ3) is 4.06. The van der Waals surface area contributed by atoms with Crippen molar-refractivity contribution in [3.8, 4) is 12.1 Å². The minimum atomic E-state index is -0.421. The van der Waals surface area contributed by atoms with Crippen LogP contribution in [0.1, 0.15) is 16.7 Å². The highest BCUT2D eigenvalue weighted by atomic mass is 16.1. The van der Waals surface area contributed by atoms with Crippen LogP contribution in [0.3, 0.4) is 0 Å². The van der Waals surface area contributed by atoms with Crippen LogP contribution >= 0.6 is 0 Å². The molecule has 0 aliphatic carbocycles. The van der Waals surface area contributed by atoms with Crippen molar-refractivity contribution in [2.24, 2.45) is 0 Å². The Labute approximate surface area is 128 Å². The molecule has 106 valence electrons. The van der Waals surface area contributed by atoms with Gasteiger partial charge < -0.3 is 5.32 Å². The summed E-state index contributed by atoms with van der Waals surface area (Å²) in [6.07, 6.45) is 1.50. The first-order chi connectivity index (χ1) is 10.7. The molecular formula is C18H13N3O. The van der Waals surface area contributed by atoms with E-state index in [1.54, 1.807) is 24.3 Å². The molecule has 0 unspecified atom stereocenters. The molecule has 0 bridgehead atoms. The second-order valence-corrected chi connectivity index (χ2v) is 4.57. The molecule has 0 aliphatic rings. The van der Waals surface area contributed by atoms with Gasteiger partial charge in [0.15, 0.2) is 0 Å². The van der Waals surface area contributed by atoms with Crippen molar-refractivity contribution in [2.75, 3.05) is 0 Å². The normalized spacial score (nSPS) is 10.4. The number of carbonyl (C=O) groups excluding carboxylic acids is 1. The van der Waals surface area contributed by atoms with Gasteiger partial charge >= 0.3 is 0 Å². The lowest BCUT2D eigenvalue weighted by molar-refractivity contribution is -0.117. The van der Waals surface area contributed by atoms with Crippen LogP contribution in [-0.2, 0) is 11.3 Å². The lowest BCUT2D eigenvalue weighted by Gasteiger charge is -2.04. The van der Waals surface area contributed by atoms with Crippen LogP contribution in [-0.4, -0.2) is 5.91 Å². The Morgan fingerprint density at radius 3 is 2.32 bits per heavy atom. The molecule has 22 heavy (non-hydrogen) atoms. The first kappa shape index (κ1) is 15.0. The Hall–Kier alpha value is -3.37. The van der Waals surface area contributed by atoms with E-state index in [1.807, 2.05) is 42.5 Å². The summed E-state index contributed by atoms with van der Waals surface area (Å²) in [6.45, 7) is 0.367. The maximum Gasteiger partial charge on any atom is 0.262 e. The molecule has 4 nitrogen and oxygen atoms in total. The number of nitrogens with one attached hydrogen (secondary N) is 1. The summed E-state index contributed by atoms with van der Waals surface area (Å²) >= 11 is 0. The summed E-state index contributed by atoms with van der Waals surface area (Å²) in [5.41, 5.74) is 2.22. The van der Waals surface area contributed by atoms with Gasteiger partial charge in [-0.2, -0.15) is 10.5 Å². The Kier molecular flexibility index (Phi) is 5.07. The first-order valence-corrected chi connectivity index (χ1v) is 6.67. The minimum absolute atomic E-state index is 0.0284. The van der Waals surface area contributed by atoms with E-state index in [-0.39, 0.29) is 5.57 Å². The maximum atomic E-state index is 12.0. The van der Waals surface area contributed by atoms with Gasteiger partial charge in [0.05, 0.1) is 11.6 Å². The maximum absolute atomic E-state index is 12.0. The van der Waals surface area contributed by atoms with Crippen LogP contribution in [0.5, 0.6) is 0 Å². The predicted molar refractivity (Wildman–Crippen MR) is 83.0 cm³/mol. The van der Waals surface area contributed by atoms with Crippen LogP contribution in [0, 0.1) is 22.7 Å². The molecule has 0 radical (unpaired) electrons. The quantitative estimate of drug-likeness (QED) is 0.694. The average Bonchev–Trinajstić information content (AvgIpc) is 2.59. The van der Waals surface area contributed by atoms with Gasteiger partial charge in [0.25, 0.3) is 5.91 Å². The number of rotatable bonds is 4. The molecule has 0 saturated heterocycles. The van der Waals surface area contributed by atoms with Gasteiger partial charge in [-0.25, -0.2) is 0 Å². The topological polar surface area (TPSA) is 76.7 Å². The average molecular weight is 287 g/mol. The Balaban J connectivity index is 2.06. The summed E-state index contributed by atoms with van der Waals surface area (Å²) in [5, 5.41) is 20.6. The number of benzene rings is 2. The molecule has 2 rings (SSSR count). The van der Waals surface area contributed by atoms with Crippen LogP contribution < -0.4 is 5.32 Å². The Morgan fingerprint density at radius 1 is 1.05 bits per heavy atom. The van der Waals surface area contributed by atoms with Crippen molar-refractivity contribution < 1.29 is 4.79 Å². The van der Waals surface area contributed by atoms with Gasteiger partial charge in [0.2, 0.25) is 0 Å². The first-order valence-electron chi connectivity index (χ1n) is 6.67. The number of amides is 1. The monoisotopic (exact) mass is 287 g/mol. The van der Waals surface area contributed by atoms with E-state index >= 15 is 0 Å². The zero-order valence-corrected chi connectivity index (χ0v) is 11.8. The highest BCUT2D eigenvalue weighted by Gasteiger charge is 2.08. The largest absolute Gasteiger partial charge is 0.347 e. The molecule has 0 spiro atoms. The van der Waals surface area contributed by atoms with Crippen LogP contribution in [0.25, 0.3) is 6.08 Å². The van der Waals surface area contributed by atoms with Gasteiger partial charge in [0.1, 0.15) is 11.6 Å². The molecule has 0 aromatic heterocycles. The van der Waals surface area contributed by atoms with Gasteiger partial charge in [-0.1, -0.05) is 42.5 Å². The lowest BCUT2D eigenvalue weighted by atomic mass is 10.1.